The summed E-state index contributed by atoms with van der Waals surface area (Å²) in [5, 5.41) is 11.6. The van der Waals surface area contributed by atoms with E-state index in [1.54, 1.807) is 4.90 Å². The summed E-state index contributed by atoms with van der Waals surface area (Å²) in [7, 11) is 0. The van der Waals surface area contributed by atoms with E-state index in [2.05, 4.69) is 24.0 Å². The fourth-order valence-corrected chi connectivity index (χ4v) is 3.76. The molecule has 1 saturated heterocycles. The molecule has 25 heavy (non-hydrogen) atoms. The molecule has 6 nitrogen and oxygen atoms in total. The average molecular weight is 343 g/mol. The predicted molar refractivity (Wildman–Crippen MR) is 95.9 cm³/mol. The molecule has 1 atom stereocenters. The second kappa shape index (κ2) is 6.88. The molecule has 4 N–H and O–H groups in total. The van der Waals surface area contributed by atoms with Crippen LogP contribution in [-0.4, -0.2) is 45.5 Å². The molecule has 0 bridgehead atoms. The third-order valence-corrected chi connectivity index (χ3v) is 5.03. The summed E-state index contributed by atoms with van der Waals surface area (Å²) < 4.78 is 0. The van der Waals surface area contributed by atoms with Crippen LogP contribution in [0.2, 0.25) is 0 Å². The first-order chi connectivity index (χ1) is 11.9. The van der Waals surface area contributed by atoms with E-state index in [-0.39, 0.29) is 18.9 Å². The lowest BCUT2D eigenvalue weighted by Gasteiger charge is -2.38. The van der Waals surface area contributed by atoms with Gasteiger partial charge in [-0.3, -0.25) is 9.59 Å². The summed E-state index contributed by atoms with van der Waals surface area (Å²) >= 11 is 0. The number of hydrogen-bond acceptors (Lipinski definition) is 3. The standard InChI is InChI=1S/C19H25N3O3/c1-13-4-2-5-15-14(11-21-18(13)15)6-7-17(24)22-9-3-8-19(25,12-22)10-16(20)23/h2,4-5,11,21,25H,3,6-10,12H2,1H3,(H2,20,23). The van der Waals surface area contributed by atoms with E-state index in [1.165, 1.54) is 5.56 Å². The lowest BCUT2D eigenvalue weighted by molar-refractivity contribution is -0.141. The highest BCUT2D eigenvalue weighted by atomic mass is 16.3. The Kier molecular flexibility index (Phi) is 4.81. The fraction of sp³-hybridized carbons (Fsp3) is 0.474. The van der Waals surface area contributed by atoms with Gasteiger partial charge in [-0.05, 0) is 37.3 Å². The number of H-pyrrole nitrogens is 1. The maximum absolute atomic E-state index is 12.6. The molecule has 0 saturated carbocycles. The van der Waals surface area contributed by atoms with Crippen molar-refractivity contribution in [3.8, 4) is 0 Å². The van der Waals surface area contributed by atoms with Crippen LogP contribution in [0.4, 0.5) is 0 Å². The molecular weight excluding hydrogens is 318 g/mol. The molecule has 0 radical (unpaired) electrons. The first kappa shape index (κ1) is 17.5. The zero-order chi connectivity index (χ0) is 18.0. The van der Waals surface area contributed by atoms with Crippen LogP contribution in [0.15, 0.2) is 24.4 Å². The van der Waals surface area contributed by atoms with Crippen molar-refractivity contribution in [3.63, 3.8) is 0 Å². The molecule has 2 heterocycles. The SMILES string of the molecule is Cc1cccc2c(CCC(=O)N3CCCC(O)(CC(N)=O)C3)c[nH]c12. The Morgan fingerprint density at radius 1 is 1.40 bits per heavy atom. The molecule has 1 unspecified atom stereocenters. The normalized spacial score (nSPS) is 20.8. The van der Waals surface area contributed by atoms with Crippen molar-refractivity contribution in [1.29, 1.82) is 0 Å². The van der Waals surface area contributed by atoms with Crippen LogP contribution in [0.5, 0.6) is 0 Å². The van der Waals surface area contributed by atoms with Gasteiger partial charge in [0.1, 0.15) is 0 Å². The van der Waals surface area contributed by atoms with E-state index in [0.29, 0.717) is 32.2 Å². The number of β-amino-alcohol motifs (C(OH)–C–C–N with tert-alkyl or cyclic N) is 1. The van der Waals surface area contributed by atoms with E-state index in [4.69, 9.17) is 5.73 Å². The zero-order valence-corrected chi connectivity index (χ0v) is 14.5. The summed E-state index contributed by atoms with van der Waals surface area (Å²) in [5.74, 6) is -0.532. The lowest BCUT2D eigenvalue weighted by atomic mass is 9.89. The number of aromatic nitrogens is 1. The number of aliphatic hydroxyl groups is 1. The van der Waals surface area contributed by atoms with Crippen molar-refractivity contribution in [2.45, 2.75) is 44.6 Å². The third kappa shape index (κ3) is 3.85. The number of aryl methyl sites for hydroxylation is 2. The monoisotopic (exact) mass is 343 g/mol. The summed E-state index contributed by atoms with van der Waals surface area (Å²) in [5.41, 5.74) is 7.44. The Morgan fingerprint density at radius 2 is 2.20 bits per heavy atom. The topological polar surface area (TPSA) is 99.4 Å². The molecule has 1 aromatic carbocycles. The van der Waals surface area contributed by atoms with Crippen molar-refractivity contribution in [3.05, 3.63) is 35.5 Å². The van der Waals surface area contributed by atoms with Crippen molar-refractivity contribution in [2.24, 2.45) is 5.73 Å². The minimum atomic E-state index is -1.18. The number of aromatic amines is 1. The number of fused-ring (bicyclic) bond motifs is 1. The third-order valence-electron chi connectivity index (χ3n) is 5.03. The zero-order valence-electron chi connectivity index (χ0n) is 14.5. The fourth-order valence-electron chi connectivity index (χ4n) is 3.76. The van der Waals surface area contributed by atoms with Gasteiger partial charge >= 0.3 is 0 Å². The molecule has 3 rings (SSSR count). The lowest BCUT2D eigenvalue weighted by Crippen LogP contribution is -2.51. The maximum Gasteiger partial charge on any atom is 0.223 e. The highest BCUT2D eigenvalue weighted by Crippen LogP contribution is 2.26. The Bertz CT molecular complexity index is 798. The highest BCUT2D eigenvalue weighted by Gasteiger charge is 2.36. The van der Waals surface area contributed by atoms with Gasteiger partial charge in [0.15, 0.2) is 0 Å². The number of para-hydroxylation sites is 1. The summed E-state index contributed by atoms with van der Waals surface area (Å²) in [6.07, 6.45) is 4.08. The number of hydrogen-bond donors (Lipinski definition) is 3. The number of piperidine rings is 1. The van der Waals surface area contributed by atoms with Crippen LogP contribution in [0.1, 0.15) is 36.8 Å². The van der Waals surface area contributed by atoms with Crippen molar-refractivity contribution < 1.29 is 14.7 Å². The van der Waals surface area contributed by atoms with Gasteiger partial charge < -0.3 is 20.7 Å². The van der Waals surface area contributed by atoms with Gasteiger partial charge in [0.2, 0.25) is 11.8 Å². The second-order valence-corrected chi connectivity index (χ2v) is 7.10. The van der Waals surface area contributed by atoms with Crippen LogP contribution >= 0.6 is 0 Å². The van der Waals surface area contributed by atoms with Gasteiger partial charge in [-0.1, -0.05) is 18.2 Å². The summed E-state index contributed by atoms with van der Waals surface area (Å²) in [4.78, 5) is 28.6. The Balaban J connectivity index is 1.64. The number of nitrogens with two attached hydrogens (primary N) is 1. The molecule has 134 valence electrons. The summed E-state index contributed by atoms with van der Waals surface area (Å²) in [6.45, 7) is 2.86. The van der Waals surface area contributed by atoms with Gasteiger partial charge in [-0.15, -0.1) is 0 Å². The number of nitrogens with zero attached hydrogens (tertiary/aromatic N) is 1. The first-order valence-electron chi connectivity index (χ1n) is 8.72. The van der Waals surface area contributed by atoms with E-state index < -0.39 is 11.5 Å². The number of benzene rings is 1. The van der Waals surface area contributed by atoms with E-state index in [0.717, 1.165) is 16.5 Å². The molecule has 1 aliphatic rings. The van der Waals surface area contributed by atoms with Gasteiger partial charge in [-0.25, -0.2) is 0 Å². The number of carbonyl (C=O) groups is 2. The Morgan fingerprint density at radius 3 is 2.96 bits per heavy atom. The maximum atomic E-state index is 12.6. The van der Waals surface area contributed by atoms with E-state index >= 15 is 0 Å². The first-order valence-corrected chi connectivity index (χ1v) is 8.72. The van der Waals surface area contributed by atoms with Gasteiger partial charge in [0.05, 0.1) is 12.0 Å². The molecule has 0 spiro atoms. The average Bonchev–Trinajstić information content (AvgIpc) is 2.96. The molecule has 6 heteroatoms. The molecule has 2 aromatic rings. The van der Waals surface area contributed by atoms with Crippen LogP contribution in [0.25, 0.3) is 10.9 Å². The molecule has 0 aliphatic carbocycles. The van der Waals surface area contributed by atoms with Crippen molar-refractivity contribution >= 4 is 22.7 Å². The van der Waals surface area contributed by atoms with Gasteiger partial charge in [0, 0.05) is 36.6 Å². The Hall–Kier alpha value is -2.34. The van der Waals surface area contributed by atoms with E-state index in [9.17, 15) is 14.7 Å². The number of carbonyl (C=O) groups excluding carboxylic acids is 2. The number of rotatable bonds is 5. The van der Waals surface area contributed by atoms with Gasteiger partial charge in [0.25, 0.3) is 0 Å². The molecular formula is C19H25N3O3. The number of likely N-dealkylation sites (tertiary alicyclic amines) is 1. The van der Waals surface area contributed by atoms with Crippen LogP contribution in [-0.2, 0) is 16.0 Å². The van der Waals surface area contributed by atoms with Crippen LogP contribution < -0.4 is 5.73 Å². The summed E-state index contributed by atoms with van der Waals surface area (Å²) in [6, 6.07) is 6.14. The van der Waals surface area contributed by atoms with Crippen LogP contribution in [0, 0.1) is 6.92 Å². The number of nitrogens with one attached hydrogen (secondary N) is 1. The second-order valence-electron chi connectivity index (χ2n) is 7.10. The van der Waals surface area contributed by atoms with Crippen molar-refractivity contribution in [1.82, 2.24) is 9.88 Å². The molecule has 1 aliphatic heterocycles. The minimum Gasteiger partial charge on any atom is -0.388 e. The van der Waals surface area contributed by atoms with Crippen molar-refractivity contribution in [2.75, 3.05) is 13.1 Å². The molecule has 1 fully saturated rings. The van der Waals surface area contributed by atoms with E-state index in [1.807, 2.05) is 12.3 Å². The highest BCUT2D eigenvalue weighted by molar-refractivity contribution is 5.86. The number of amides is 2. The minimum absolute atomic E-state index is 0.00426. The molecule has 2 amide bonds. The van der Waals surface area contributed by atoms with Gasteiger partial charge in [-0.2, -0.15) is 0 Å². The molecule has 1 aromatic heterocycles. The predicted octanol–water partition coefficient (Wildman–Crippen LogP) is 1.64. The quantitative estimate of drug-likeness (QED) is 0.769. The Labute approximate surface area is 147 Å². The largest absolute Gasteiger partial charge is 0.388 e. The number of primary amides is 1. The van der Waals surface area contributed by atoms with Crippen LogP contribution in [0.3, 0.4) is 0 Å². The smallest absolute Gasteiger partial charge is 0.223 e.